The van der Waals surface area contributed by atoms with Crippen molar-refractivity contribution >= 4 is 15.9 Å². The van der Waals surface area contributed by atoms with Gasteiger partial charge in [-0.1, -0.05) is 42.0 Å². The van der Waals surface area contributed by atoms with Gasteiger partial charge in [0.2, 0.25) is 0 Å². The van der Waals surface area contributed by atoms with Gasteiger partial charge in [-0.3, -0.25) is 0 Å². The maximum Gasteiger partial charge on any atom is 0.163 e. The van der Waals surface area contributed by atoms with Crippen LogP contribution in [0.25, 0.3) is 6.08 Å². The number of hydrogen-bond acceptors (Lipinski definition) is 6. The molecule has 0 bridgehead atoms. The average molecular weight is 445 g/mol. The highest BCUT2D eigenvalue weighted by Crippen LogP contribution is 2.32. The molecule has 0 radical (unpaired) electrons. The van der Waals surface area contributed by atoms with Crippen LogP contribution in [-0.4, -0.2) is 54.1 Å². The monoisotopic (exact) mass is 444 g/mol. The molecule has 3 rings (SSSR count). The molecule has 1 aliphatic heterocycles. The summed E-state index contributed by atoms with van der Waals surface area (Å²) in [5, 5.41) is 29.1. The molecule has 1 aliphatic rings. The second kappa shape index (κ2) is 10.1. The van der Waals surface area contributed by atoms with Crippen LogP contribution in [0.2, 0.25) is 0 Å². The number of allylic oxidation sites excluding steroid dienone is 1. The second-order valence-electron chi connectivity index (χ2n) is 7.78. The number of benzene rings is 2. The zero-order chi connectivity index (χ0) is 22.4. The predicted octanol–water partition coefficient (Wildman–Crippen LogP) is 3.10. The summed E-state index contributed by atoms with van der Waals surface area (Å²) in [4.78, 5) is 0. The number of aliphatic hydroxyl groups is 2. The first kappa shape index (κ1) is 23.1. The van der Waals surface area contributed by atoms with Crippen LogP contribution in [0.5, 0.6) is 11.5 Å². The minimum atomic E-state index is -3.58. The quantitative estimate of drug-likeness (QED) is 0.514. The Kier molecular flexibility index (Phi) is 7.54. The Hall–Kier alpha value is -2.61. The summed E-state index contributed by atoms with van der Waals surface area (Å²) in [6.45, 7) is 1.39. The molecule has 1 heterocycles. The van der Waals surface area contributed by atoms with Crippen LogP contribution < -0.4 is 4.74 Å². The fourth-order valence-corrected chi connectivity index (χ4v) is 5.69. The molecule has 0 aliphatic carbocycles. The summed E-state index contributed by atoms with van der Waals surface area (Å²) in [6, 6.07) is 15.9. The Morgan fingerprint density at radius 3 is 2.61 bits per heavy atom. The molecule has 7 heteroatoms. The largest absolute Gasteiger partial charge is 0.508 e. The van der Waals surface area contributed by atoms with Crippen molar-refractivity contribution in [2.75, 3.05) is 19.0 Å². The van der Waals surface area contributed by atoms with Gasteiger partial charge in [0.05, 0.1) is 18.5 Å². The van der Waals surface area contributed by atoms with E-state index in [4.69, 9.17) is 4.74 Å². The molecule has 0 saturated heterocycles. The van der Waals surface area contributed by atoms with E-state index in [9.17, 15) is 23.7 Å². The Morgan fingerprint density at radius 2 is 1.94 bits per heavy atom. The highest BCUT2D eigenvalue weighted by Gasteiger charge is 2.41. The second-order valence-corrected chi connectivity index (χ2v) is 9.96. The summed E-state index contributed by atoms with van der Waals surface area (Å²) in [5.41, 5.74) is 2.68. The number of rotatable bonds is 9. The lowest BCUT2D eigenvalue weighted by Gasteiger charge is -2.19. The van der Waals surface area contributed by atoms with Crippen molar-refractivity contribution in [1.82, 2.24) is 0 Å². The molecule has 0 fully saturated rings. The lowest BCUT2D eigenvalue weighted by Crippen LogP contribution is -2.29. The lowest BCUT2D eigenvalue weighted by molar-refractivity contribution is 0.187. The number of aromatic hydroxyl groups is 1. The van der Waals surface area contributed by atoms with Crippen molar-refractivity contribution in [3.8, 4) is 11.5 Å². The maximum atomic E-state index is 12.5. The molecule has 0 unspecified atom stereocenters. The average Bonchev–Trinajstić information content (AvgIpc) is 3.00. The highest BCUT2D eigenvalue weighted by atomic mass is 32.2. The van der Waals surface area contributed by atoms with E-state index in [-0.39, 0.29) is 18.1 Å². The number of ether oxygens (including phenoxy) is 1. The van der Waals surface area contributed by atoms with Crippen molar-refractivity contribution in [1.29, 1.82) is 0 Å². The fourth-order valence-electron chi connectivity index (χ4n) is 3.81. The van der Waals surface area contributed by atoms with Gasteiger partial charge < -0.3 is 20.1 Å². The van der Waals surface area contributed by atoms with Crippen LogP contribution in [0, 0.1) is 0 Å². The van der Waals surface area contributed by atoms with E-state index in [1.54, 1.807) is 30.3 Å². The van der Waals surface area contributed by atoms with E-state index in [2.05, 4.69) is 0 Å². The molecule has 166 valence electrons. The first-order chi connectivity index (χ1) is 14.8. The van der Waals surface area contributed by atoms with Crippen molar-refractivity contribution in [2.45, 2.75) is 31.1 Å². The van der Waals surface area contributed by atoms with Crippen LogP contribution in [0.1, 0.15) is 25.3 Å². The fraction of sp³-hybridized carbons (Fsp3) is 0.333. The van der Waals surface area contributed by atoms with Gasteiger partial charge in [-0.2, -0.15) is 0 Å². The van der Waals surface area contributed by atoms with Gasteiger partial charge in [-0.25, -0.2) is 8.42 Å². The number of sulfone groups is 1. The van der Waals surface area contributed by atoms with E-state index in [1.807, 2.05) is 37.3 Å². The molecule has 0 aromatic heterocycles. The molecule has 2 aromatic rings. The number of phenolic OH excluding ortho intramolecular Hbond substituents is 1. The van der Waals surface area contributed by atoms with Crippen LogP contribution in [0.15, 0.2) is 71.3 Å². The summed E-state index contributed by atoms with van der Waals surface area (Å²) in [7, 11) is -3.58. The van der Waals surface area contributed by atoms with Gasteiger partial charge >= 0.3 is 0 Å². The minimum absolute atomic E-state index is 0.0459. The zero-order valence-electron chi connectivity index (χ0n) is 17.4. The third kappa shape index (κ3) is 5.97. The molecule has 3 N–H and O–H groups in total. The first-order valence-electron chi connectivity index (χ1n) is 10.2. The van der Waals surface area contributed by atoms with Crippen molar-refractivity contribution in [3.63, 3.8) is 0 Å². The molecule has 6 nitrogen and oxygen atoms in total. The molecular formula is C24H28O6S. The smallest absolute Gasteiger partial charge is 0.163 e. The van der Waals surface area contributed by atoms with Crippen molar-refractivity contribution in [3.05, 3.63) is 76.9 Å². The van der Waals surface area contributed by atoms with Crippen LogP contribution in [-0.2, 0) is 9.84 Å². The van der Waals surface area contributed by atoms with Gasteiger partial charge in [0, 0.05) is 0 Å². The Labute approximate surface area is 183 Å². The zero-order valence-corrected chi connectivity index (χ0v) is 18.3. The summed E-state index contributed by atoms with van der Waals surface area (Å²) in [5.74, 6) is 0.561. The lowest BCUT2D eigenvalue weighted by atomic mass is 9.95. The molecule has 0 amide bonds. The number of hydrogen-bond donors (Lipinski definition) is 3. The van der Waals surface area contributed by atoms with Crippen molar-refractivity contribution < 1.29 is 28.5 Å². The molecule has 2 atom stereocenters. The maximum absolute atomic E-state index is 12.5. The molecule has 2 aromatic carbocycles. The van der Waals surface area contributed by atoms with E-state index in [0.717, 1.165) is 11.1 Å². The Morgan fingerprint density at radius 1 is 1.19 bits per heavy atom. The van der Waals surface area contributed by atoms with Crippen LogP contribution in [0.3, 0.4) is 0 Å². The van der Waals surface area contributed by atoms with Crippen LogP contribution >= 0.6 is 0 Å². The minimum Gasteiger partial charge on any atom is -0.508 e. The summed E-state index contributed by atoms with van der Waals surface area (Å²) < 4.78 is 30.8. The highest BCUT2D eigenvalue weighted by molar-refractivity contribution is 7.92. The van der Waals surface area contributed by atoms with Gasteiger partial charge in [-0.15, -0.1) is 0 Å². The summed E-state index contributed by atoms with van der Waals surface area (Å²) in [6.07, 6.45) is 1.76. The number of aliphatic hydroxyl groups excluding tert-OH is 2. The van der Waals surface area contributed by atoms with Gasteiger partial charge in [0.15, 0.2) is 9.84 Å². The van der Waals surface area contributed by atoms with E-state index < -0.39 is 27.8 Å². The first-order valence-corrected chi connectivity index (χ1v) is 11.9. The van der Waals surface area contributed by atoms with Gasteiger partial charge in [0.1, 0.15) is 23.4 Å². The molecule has 0 spiro atoms. The standard InChI is InChI=1S/C24H28O6S/c1-17(12-18-6-5-7-20(26)13-18)10-11-22(27)24-19(16-31(28,29)23(24)14-25)15-30-21-8-3-2-4-9-21/h2-9,12-13,22-23,25-27H,10-11,14-16H2,1H3/b17-12+/t22-,23+/m1/s1. The Bertz CT molecular complexity index is 1060. The van der Waals surface area contributed by atoms with Crippen LogP contribution in [0.4, 0.5) is 0 Å². The van der Waals surface area contributed by atoms with E-state index >= 15 is 0 Å². The number of para-hydroxylation sites is 1. The molecular weight excluding hydrogens is 416 g/mol. The third-order valence-corrected chi connectivity index (χ3v) is 7.36. The number of phenols is 1. The normalized spacial score (nSPS) is 19.5. The topological polar surface area (TPSA) is 104 Å². The van der Waals surface area contributed by atoms with Gasteiger partial charge in [-0.05, 0) is 60.7 Å². The SMILES string of the molecule is C/C(=C\c1cccc(O)c1)CC[C@@H](O)C1=C(COc2ccccc2)CS(=O)(=O)[C@H]1CO. The van der Waals surface area contributed by atoms with Gasteiger partial charge in [0.25, 0.3) is 0 Å². The molecule has 0 saturated carbocycles. The molecule has 31 heavy (non-hydrogen) atoms. The third-order valence-electron chi connectivity index (χ3n) is 5.34. The van der Waals surface area contributed by atoms with E-state index in [1.165, 1.54) is 0 Å². The predicted molar refractivity (Wildman–Crippen MR) is 121 cm³/mol. The summed E-state index contributed by atoms with van der Waals surface area (Å²) >= 11 is 0. The Balaban J connectivity index is 1.74. The van der Waals surface area contributed by atoms with E-state index in [0.29, 0.717) is 29.7 Å². The van der Waals surface area contributed by atoms with Crippen molar-refractivity contribution in [2.24, 2.45) is 0 Å².